The van der Waals surface area contributed by atoms with E-state index in [1.54, 1.807) is 28.6 Å². The van der Waals surface area contributed by atoms with Crippen molar-refractivity contribution in [2.24, 2.45) is 0 Å². The van der Waals surface area contributed by atoms with Gasteiger partial charge in [0.25, 0.3) is 10.0 Å². The number of carbonyl (C=O) groups is 1. The van der Waals surface area contributed by atoms with Gasteiger partial charge in [-0.15, -0.1) is 0 Å². The highest BCUT2D eigenvalue weighted by molar-refractivity contribution is 9.10. The molecule has 7 heteroatoms. The lowest BCUT2D eigenvalue weighted by Gasteiger charge is -2.51. The fraction of sp³-hybridized carbons (Fsp3) is 0.269. The van der Waals surface area contributed by atoms with E-state index < -0.39 is 15.6 Å². The summed E-state index contributed by atoms with van der Waals surface area (Å²) >= 11 is 3.51. The van der Waals surface area contributed by atoms with E-state index in [4.69, 9.17) is 0 Å². The number of sulfonamides is 1. The van der Waals surface area contributed by atoms with E-state index in [1.165, 1.54) is 6.92 Å². The van der Waals surface area contributed by atoms with Gasteiger partial charge in [-0.25, -0.2) is 8.42 Å². The van der Waals surface area contributed by atoms with Crippen LogP contribution in [0.4, 0.5) is 11.4 Å². The highest BCUT2D eigenvalue weighted by atomic mass is 79.9. The van der Waals surface area contributed by atoms with Gasteiger partial charge in [0, 0.05) is 22.5 Å². The molecule has 1 heterocycles. The molecule has 0 aromatic heterocycles. The summed E-state index contributed by atoms with van der Waals surface area (Å²) < 4.78 is 30.4. The highest BCUT2D eigenvalue weighted by Gasteiger charge is 2.49. The molecule has 0 fully saturated rings. The molecule has 1 atom stereocenters. The Balaban J connectivity index is 1.85. The zero-order chi connectivity index (χ0) is 24.0. The molecule has 3 aromatic rings. The van der Waals surface area contributed by atoms with Crippen molar-refractivity contribution >= 4 is 43.2 Å². The number of halogens is 1. The minimum Gasteiger partial charge on any atom is -0.326 e. The van der Waals surface area contributed by atoms with Crippen molar-refractivity contribution in [1.29, 1.82) is 0 Å². The normalized spacial score (nSPS) is 19.6. The number of anilines is 2. The first-order valence-corrected chi connectivity index (χ1v) is 13.0. The second kappa shape index (κ2) is 8.29. The van der Waals surface area contributed by atoms with Crippen LogP contribution in [0.15, 0.2) is 82.2 Å². The summed E-state index contributed by atoms with van der Waals surface area (Å²) in [6, 6.07) is 22.3. The van der Waals surface area contributed by atoms with E-state index in [0.29, 0.717) is 17.8 Å². The SMILES string of the molecule is CC(=O)Nc1ccc(S(=O)(=O)N2c3ccccc3C(C)(c3ccc(Br)cc3)CC2(C)C)cc1. The molecule has 1 aliphatic rings. The minimum absolute atomic E-state index is 0.187. The number of nitrogens with one attached hydrogen (secondary N) is 1. The van der Waals surface area contributed by atoms with Crippen LogP contribution in [0.2, 0.25) is 0 Å². The molecular formula is C26H27BrN2O3S. The monoisotopic (exact) mass is 526 g/mol. The first-order valence-electron chi connectivity index (χ1n) is 10.7. The van der Waals surface area contributed by atoms with Gasteiger partial charge in [0.2, 0.25) is 5.91 Å². The van der Waals surface area contributed by atoms with Crippen LogP contribution in [0.1, 0.15) is 45.2 Å². The Morgan fingerprint density at radius 3 is 2.15 bits per heavy atom. The molecule has 33 heavy (non-hydrogen) atoms. The van der Waals surface area contributed by atoms with Crippen molar-refractivity contribution in [3.63, 3.8) is 0 Å². The summed E-state index contributed by atoms with van der Waals surface area (Å²) in [6.45, 7) is 7.55. The van der Waals surface area contributed by atoms with E-state index in [0.717, 1.165) is 15.6 Å². The van der Waals surface area contributed by atoms with Gasteiger partial charge in [-0.2, -0.15) is 0 Å². The molecule has 1 unspecified atom stereocenters. The molecule has 0 saturated carbocycles. The fourth-order valence-corrected chi connectivity index (χ4v) is 7.11. The molecule has 4 rings (SSSR count). The van der Waals surface area contributed by atoms with Crippen LogP contribution >= 0.6 is 15.9 Å². The average Bonchev–Trinajstić information content (AvgIpc) is 2.73. The van der Waals surface area contributed by atoms with E-state index in [2.05, 4.69) is 40.3 Å². The second-order valence-electron chi connectivity index (χ2n) is 9.32. The summed E-state index contributed by atoms with van der Waals surface area (Å²) in [5.74, 6) is -0.205. The van der Waals surface area contributed by atoms with Gasteiger partial charge >= 0.3 is 0 Å². The molecule has 5 nitrogen and oxygen atoms in total. The number of amides is 1. The number of para-hydroxylation sites is 1. The predicted molar refractivity (Wildman–Crippen MR) is 136 cm³/mol. The number of fused-ring (bicyclic) bond motifs is 1. The second-order valence-corrected chi connectivity index (χ2v) is 12.0. The molecule has 0 radical (unpaired) electrons. The summed E-state index contributed by atoms with van der Waals surface area (Å²) in [5, 5.41) is 2.68. The standard InChI is InChI=1S/C26H27BrN2O3S/c1-18(30)28-21-13-15-22(16-14-21)33(31,32)29-24-8-6-5-7-23(24)26(4,17-25(29,2)3)19-9-11-20(27)12-10-19/h5-16H,17H2,1-4H3,(H,28,30). The van der Waals surface area contributed by atoms with Crippen molar-refractivity contribution < 1.29 is 13.2 Å². The quantitative estimate of drug-likeness (QED) is 0.447. The van der Waals surface area contributed by atoms with Crippen LogP contribution in [0.3, 0.4) is 0 Å². The number of hydrogen-bond donors (Lipinski definition) is 1. The Morgan fingerprint density at radius 2 is 1.55 bits per heavy atom. The van der Waals surface area contributed by atoms with E-state index >= 15 is 0 Å². The number of nitrogens with zero attached hydrogens (tertiary/aromatic N) is 1. The third-order valence-electron chi connectivity index (χ3n) is 6.25. The van der Waals surface area contributed by atoms with Crippen LogP contribution in [0.25, 0.3) is 0 Å². The summed E-state index contributed by atoms with van der Waals surface area (Å²) in [4.78, 5) is 11.5. The third-order valence-corrected chi connectivity index (χ3v) is 8.82. The van der Waals surface area contributed by atoms with Crippen LogP contribution < -0.4 is 9.62 Å². The van der Waals surface area contributed by atoms with Crippen LogP contribution in [-0.2, 0) is 20.2 Å². The summed E-state index contributed by atoms with van der Waals surface area (Å²) in [6.07, 6.45) is 0.613. The fourth-order valence-electron chi connectivity index (χ4n) is 5.02. The summed E-state index contributed by atoms with van der Waals surface area (Å²) in [7, 11) is -3.85. The first-order chi connectivity index (χ1) is 15.4. The van der Waals surface area contributed by atoms with Gasteiger partial charge in [-0.3, -0.25) is 9.10 Å². The maximum Gasteiger partial charge on any atom is 0.264 e. The topological polar surface area (TPSA) is 66.5 Å². The van der Waals surface area contributed by atoms with E-state index in [-0.39, 0.29) is 16.2 Å². The Bertz CT molecular complexity index is 1300. The Hall–Kier alpha value is -2.64. The number of benzene rings is 3. The van der Waals surface area contributed by atoms with Crippen molar-refractivity contribution in [2.75, 3.05) is 9.62 Å². The van der Waals surface area contributed by atoms with Gasteiger partial charge in [0.15, 0.2) is 0 Å². The van der Waals surface area contributed by atoms with Crippen LogP contribution in [0.5, 0.6) is 0 Å². The molecule has 0 aliphatic carbocycles. The zero-order valence-electron chi connectivity index (χ0n) is 19.1. The average molecular weight is 527 g/mol. The maximum atomic E-state index is 13.9. The predicted octanol–water partition coefficient (Wildman–Crippen LogP) is 6.09. The Kier molecular flexibility index (Phi) is 5.91. The molecule has 1 aliphatic heterocycles. The molecular weight excluding hydrogens is 500 g/mol. The van der Waals surface area contributed by atoms with E-state index in [1.807, 2.05) is 50.2 Å². The minimum atomic E-state index is -3.85. The Labute approximate surface area is 204 Å². The maximum absolute atomic E-state index is 13.9. The Morgan fingerprint density at radius 1 is 0.939 bits per heavy atom. The van der Waals surface area contributed by atoms with Crippen molar-refractivity contribution in [1.82, 2.24) is 0 Å². The first kappa shape index (κ1) is 23.5. The molecule has 0 bridgehead atoms. The number of hydrogen-bond acceptors (Lipinski definition) is 3. The van der Waals surface area contributed by atoms with Crippen molar-refractivity contribution in [2.45, 2.75) is 50.0 Å². The van der Waals surface area contributed by atoms with Gasteiger partial charge in [0.05, 0.1) is 16.1 Å². The van der Waals surface area contributed by atoms with Crippen LogP contribution in [-0.4, -0.2) is 19.9 Å². The van der Waals surface area contributed by atoms with Crippen molar-refractivity contribution in [3.05, 3.63) is 88.4 Å². The van der Waals surface area contributed by atoms with Crippen molar-refractivity contribution in [3.8, 4) is 0 Å². The lowest BCUT2D eigenvalue weighted by molar-refractivity contribution is -0.114. The van der Waals surface area contributed by atoms with Gasteiger partial charge < -0.3 is 5.32 Å². The largest absolute Gasteiger partial charge is 0.326 e. The molecule has 172 valence electrons. The highest BCUT2D eigenvalue weighted by Crippen LogP contribution is 2.52. The summed E-state index contributed by atoms with van der Waals surface area (Å²) in [5.41, 5.74) is 2.31. The molecule has 0 saturated heterocycles. The number of rotatable bonds is 4. The molecule has 1 N–H and O–H groups in total. The third kappa shape index (κ3) is 4.20. The van der Waals surface area contributed by atoms with Gasteiger partial charge in [-0.05, 0) is 73.9 Å². The number of carbonyl (C=O) groups excluding carboxylic acids is 1. The molecule has 3 aromatic carbocycles. The van der Waals surface area contributed by atoms with Crippen LogP contribution in [0, 0.1) is 0 Å². The smallest absolute Gasteiger partial charge is 0.264 e. The lowest BCUT2D eigenvalue weighted by Crippen LogP contribution is -2.55. The van der Waals surface area contributed by atoms with Gasteiger partial charge in [0.1, 0.15) is 0 Å². The van der Waals surface area contributed by atoms with E-state index in [9.17, 15) is 13.2 Å². The molecule has 1 amide bonds. The molecule has 0 spiro atoms. The van der Waals surface area contributed by atoms with Gasteiger partial charge in [-0.1, -0.05) is 53.2 Å². The zero-order valence-corrected chi connectivity index (χ0v) is 21.5. The lowest BCUT2D eigenvalue weighted by atomic mass is 9.66.